The highest BCUT2D eigenvalue weighted by Gasteiger charge is 2.60. The van der Waals surface area contributed by atoms with Gasteiger partial charge < -0.3 is 9.84 Å². The van der Waals surface area contributed by atoms with Crippen molar-refractivity contribution in [3.63, 3.8) is 0 Å². The van der Waals surface area contributed by atoms with E-state index in [9.17, 15) is 9.90 Å². The molecule has 0 aromatic heterocycles. The maximum absolute atomic E-state index is 11.8. The van der Waals surface area contributed by atoms with Crippen LogP contribution in [0.1, 0.15) is 38.5 Å². The molecule has 4 bridgehead atoms. The molecule has 96 valence electrons. The van der Waals surface area contributed by atoms with Crippen molar-refractivity contribution < 1.29 is 14.6 Å². The number of rotatable bonds is 2. The number of alkyl halides is 1. The Morgan fingerprint density at radius 1 is 1.35 bits per heavy atom. The number of carbonyl (C=O) groups excluding carboxylic acids is 1. The molecule has 4 heteroatoms. The van der Waals surface area contributed by atoms with Crippen LogP contribution in [-0.4, -0.2) is 28.6 Å². The first kappa shape index (κ1) is 12.0. The predicted octanol–water partition coefficient (Wildman–Crippen LogP) is 2.25. The van der Waals surface area contributed by atoms with Crippen molar-refractivity contribution in [1.82, 2.24) is 0 Å². The summed E-state index contributed by atoms with van der Waals surface area (Å²) in [4.78, 5) is 11.5. The van der Waals surface area contributed by atoms with Crippen LogP contribution >= 0.6 is 15.9 Å². The van der Waals surface area contributed by atoms with E-state index < -0.39 is 5.60 Å². The highest BCUT2D eigenvalue weighted by Crippen LogP contribution is 2.63. The van der Waals surface area contributed by atoms with Gasteiger partial charge in [-0.05, 0) is 55.8 Å². The lowest BCUT2D eigenvalue weighted by molar-refractivity contribution is -0.172. The van der Waals surface area contributed by atoms with E-state index in [1.807, 2.05) is 0 Å². The molecule has 0 aromatic carbocycles. The molecule has 0 saturated heterocycles. The smallest absolute Gasteiger partial charge is 0.320 e. The van der Waals surface area contributed by atoms with E-state index in [1.165, 1.54) is 13.5 Å². The van der Waals surface area contributed by atoms with Crippen molar-refractivity contribution in [1.29, 1.82) is 0 Å². The first-order chi connectivity index (χ1) is 7.96. The van der Waals surface area contributed by atoms with E-state index in [2.05, 4.69) is 15.9 Å². The zero-order valence-corrected chi connectivity index (χ0v) is 11.7. The Balaban J connectivity index is 1.90. The first-order valence-corrected chi connectivity index (χ1v) is 7.32. The van der Waals surface area contributed by atoms with Gasteiger partial charge in [-0.3, -0.25) is 4.79 Å². The molecule has 4 aliphatic carbocycles. The standard InChI is InChI=1S/C13H19BrO3/c1-17-11(15)10(14)12-3-8-2-9(4-12)6-13(16,5-8)7-12/h8-10,16H,2-7H2,1H3. The third kappa shape index (κ3) is 1.75. The fourth-order valence-electron chi connectivity index (χ4n) is 4.93. The van der Waals surface area contributed by atoms with E-state index in [0.717, 1.165) is 32.1 Å². The molecule has 0 aliphatic heterocycles. The molecule has 3 atom stereocenters. The summed E-state index contributed by atoms with van der Waals surface area (Å²) in [5, 5.41) is 10.6. The van der Waals surface area contributed by atoms with Gasteiger partial charge in [0, 0.05) is 0 Å². The van der Waals surface area contributed by atoms with Crippen LogP contribution in [0.25, 0.3) is 0 Å². The highest BCUT2D eigenvalue weighted by atomic mass is 79.9. The molecular weight excluding hydrogens is 284 g/mol. The van der Waals surface area contributed by atoms with E-state index in [1.54, 1.807) is 0 Å². The van der Waals surface area contributed by atoms with Crippen molar-refractivity contribution in [2.24, 2.45) is 17.3 Å². The molecule has 17 heavy (non-hydrogen) atoms. The average Bonchev–Trinajstić information content (AvgIpc) is 2.23. The van der Waals surface area contributed by atoms with Gasteiger partial charge >= 0.3 is 5.97 Å². The Morgan fingerprint density at radius 3 is 2.41 bits per heavy atom. The molecule has 4 saturated carbocycles. The number of hydrogen-bond acceptors (Lipinski definition) is 3. The largest absolute Gasteiger partial charge is 0.468 e. The minimum atomic E-state index is -0.510. The summed E-state index contributed by atoms with van der Waals surface area (Å²) in [6, 6.07) is 0. The fraction of sp³-hybridized carbons (Fsp3) is 0.923. The van der Waals surface area contributed by atoms with Crippen LogP contribution in [0.3, 0.4) is 0 Å². The molecule has 4 aliphatic rings. The van der Waals surface area contributed by atoms with Gasteiger partial charge in [0.2, 0.25) is 0 Å². The number of esters is 1. The van der Waals surface area contributed by atoms with Gasteiger partial charge in [-0.15, -0.1) is 0 Å². The summed E-state index contributed by atoms with van der Waals surface area (Å²) in [5.74, 6) is 1.02. The van der Waals surface area contributed by atoms with Crippen LogP contribution in [0, 0.1) is 17.3 Å². The molecule has 1 N–H and O–H groups in total. The van der Waals surface area contributed by atoms with E-state index in [0.29, 0.717) is 11.8 Å². The number of methoxy groups -OCH3 is 1. The molecule has 0 aromatic rings. The Hall–Kier alpha value is -0.0900. The van der Waals surface area contributed by atoms with Crippen LogP contribution in [0.5, 0.6) is 0 Å². The van der Waals surface area contributed by atoms with Crippen molar-refractivity contribution in [3.05, 3.63) is 0 Å². The predicted molar refractivity (Wildman–Crippen MR) is 66.8 cm³/mol. The van der Waals surface area contributed by atoms with Crippen molar-refractivity contribution in [2.45, 2.75) is 49.0 Å². The van der Waals surface area contributed by atoms with E-state index in [-0.39, 0.29) is 16.2 Å². The van der Waals surface area contributed by atoms with E-state index >= 15 is 0 Å². The molecule has 4 fully saturated rings. The van der Waals surface area contributed by atoms with Crippen LogP contribution in [0.4, 0.5) is 0 Å². The van der Waals surface area contributed by atoms with Gasteiger partial charge in [0.05, 0.1) is 12.7 Å². The summed E-state index contributed by atoms with van der Waals surface area (Å²) in [5.41, 5.74) is -0.573. The van der Waals surface area contributed by atoms with Gasteiger partial charge in [0.1, 0.15) is 4.83 Å². The third-order valence-electron chi connectivity index (χ3n) is 5.02. The zero-order valence-electron chi connectivity index (χ0n) is 10.1. The summed E-state index contributed by atoms with van der Waals surface area (Å²) in [7, 11) is 1.44. The molecule has 0 amide bonds. The lowest BCUT2D eigenvalue weighted by atomic mass is 9.47. The lowest BCUT2D eigenvalue weighted by Gasteiger charge is -2.61. The minimum Gasteiger partial charge on any atom is -0.468 e. The second-order valence-electron chi connectivity index (χ2n) is 6.43. The van der Waals surface area contributed by atoms with Crippen molar-refractivity contribution in [2.75, 3.05) is 7.11 Å². The summed E-state index contributed by atoms with van der Waals surface area (Å²) in [6.45, 7) is 0. The first-order valence-electron chi connectivity index (χ1n) is 6.41. The molecule has 3 nitrogen and oxygen atoms in total. The van der Waals surface area contributed by atoms with Gasteiger partial charge in [0.15, 0.2) is 0 Å². The summed E-state index contributed by atoms with van der Waals surface area (Å²) < 4.78 is 4.87. The van der Waals surface area contributed by atoms with Gasteiger partial charge in [-0.2, -0.15) is 0 Å². The number of ether oxygens (including phenoxy) is 1. The molecule has 3 unspecified atom stereocenters. The van der Waals surface area contributed by atoms with Crippen LogP contribution in [0.2, 0.25) is 0 Å². The molecule has 4 rings (SSSR count). The zero-order chi connectivity index (χ0) is 12.3. The van der Waals surface area contributed by atoms with Gasteiger partial charge in [0.25, 0.3) is 0 Å². The Kier molecular flexibility index (Phi) is 2.61. The summed E-state index contributed by atoms with van der Waals surface area (Å²) >= 11 is 3.53. The third-order valence-corrected chi connectivity index (χ3v) is 6.37. The second kappa shape index (κ2) is 3.70. The Morgan fingerprint density at radius 2 is 1.94 bits per heavy atom. The van der Waals surface area contributed by atoms with Crippen LogP contribution < -0.4 is 0 Å². The van der Waals surface area contributed by atoms with Gasteiger partial charge in [-0.25, -0.2) is 0 Å². The maximum Gasteiger partial charge on any atom is 0.320 e. The average molecular weight is 303 g/mol. The molecule has 0 heterocycles. The number of aliphatic hydroxyl groups is 1. The fourth-order valence-corrected chi connectivity index (χ4v) is 5.66. The topological polar surface area (TPSA) is 46.5 Å². The van der Waals surface area contributed by atoms with Crippen molar-refractivity contribution >= 4 is 21.9 Å². The van der Waals surface area contributed by atoms with Gasteiger partial charge in [-0.1, -0.05) is 15.9 Å². The lowest BCUT2D eigenvalue weighted by Crippen LogP contribution is -2.59. The SMILES string of the molecule is COC(=O)C(Br)C12CC3CC(CC(O)(C3)C1)C2. The number of halogens is 1. The van der Waals surface area contributed by atoms with Crippen molar-refractivity contribution in [3.8, 4) is 0 Å². The normalized spacial score (nSPS) is 49.1. The molecule has 0 spiro atoms. The second-order valence-corrected chi connectivity index (χ2v) is 7.35. The Labute approximate surface area is 110 Å². The number of carbonyl (C=O) groups is 1. The number of hydrogen-bond donors (Lipinski definition) is 1. The quantitative estimate of drug-likeness (QED) is 0.629. The van der Waals surface area contributed by atoms with E-state index in [4.69, 9.17) is 4.74 Å². The van der Waals surface area contributed by atoms with Crippen LogP contribution in [0.15, 0.2) is 0 Å². The highest BCUT2D eigenvalue weighted by molar-refractivity contribution is 9.10. The monoisotopic (exact) mass is 302 g/mol. The maximum atomic E-state index is 11.8. The minimum absolute atomic E-state index is 0.0636. The molecular formula is C13H19BrO3. The molecule has 0 radical (unpaired) electrons. The summed E-state index contributed by atoms with van der Waals surface area (Å²) in [6.07, 6.45) is 6.01. The van der Waals surface area contributed by atoms with Crippen LogP contribution in [-0.2, 0) is 9.53 Å². The Bertz CT molecular complexity index is 341.